The van der Waals surface area contributed by atoms with Crippen molar-refractivity contribution in [3.63, 3.8) is 0 Å². The van der Waals surface area contributed by atoms with Crippen molar-refractivity contribution in [2.45, 2.75) is 39.5 Å². The number of carbonyl (C=O) groups excluding carboxylic acids is 1. The monoisotopic (exact) mass is 277 g/mol. The number of rotatable bonds is 7. The van der Waals surface area contributed by atoms with E-state index in [-0.39, 0.29) is 24.8 Å². The van der Waals surface area contributed by atoms with Gasteiger partial charge in [-0.3, -0.25) is 9.59 Å². The lowest BCUT2D eigenvalue weighted by molar-refractivity contribution is -0.136. The largest absolute Gasteiger partial charge is 0.481 e. The topological polar surface area (TPSA) is 66.4 Å². The van der Waals surface area contributed by atoms with E-state index in [4.69, 9.17) is 5.11 Å². The van der Waals surface area contributed by atoms with Crippen LogP contribution in [-0.4, -0.2) is 23.5 Å². The van der Waals surface area contributed by atoms with Crippen LogP contribution in [-0.2, 0) is 16.0 Å². The van der Waals surface area contributed by atoms with Crippen molar-refractivity contribution in [2.24, 2.45) is 5.92 Å². The molecule has 1 rings (SSSR count). The van der Waals surface area contributed by atoms with Gasteiger partial charge in [0.1, 0.15) is 0 Å². The van der Waals surface area contributed by atoms with Crippen LogP contribution >= 0.6 is 0 Å². The van der Waals surface area contributed by atoms with Crippen LogP contribution in [0.1, 0.15) is 44.2 Å². The Kier molecular flexibility index (Phi) is 6.22. The number of carbonyl (C=O) groups is 2. The van der Waals surface area contributed by atoms with Gasteiger partial charge in [0.05, 0.1) is 12.3 Å². The molecule has 1 aromatic carbocycles. The Hall–Kier alpha value is -1.84. The average Bonchev–Trinajstić information content (AvgIpc) is 2.36. The molecule has 0 aliphatic heterocycles. The quantitative estimate of drug-likeness (QED) is 0.805. The number of hydrogen-bond donors (Lipinski definition) is 2. The summed E-state index contributed by atoms with van der Waals surface area (Å²) >= 11 is 0. The Morgan fingerprint density at radius 2 is 1.95 bits per heavy atom. The molecule has 0 aliphatic carbocycles. The van der Waals surface area contributed by atoms with E-state index in [1.54, 1.807) is 0 Å². The number of carboxylic acid groups (broad SMARTS) is 1. The second kappa shape index (κ2) is 7.68. The maximum atomic E-state index is 12.0. The first-order valence-corrected chi connectivity index (χ1v) is 6.98. The number of nitrogens with one attached hydrogen (secondary N) is 1. The molecule has 1 atom stereocenters. The van der Waals surface area contributed by atoms with Crippen molar-refractivity contribution < 1.29 is 14.7 Å². The maximum Gasteiger partial charge on any atom is 0.305 e. The van der Waals surface area contributed by atoms with Gasteiger partial charge in [-0.2, -0.15) is 0 Å². The lowest BCUT2D eigenvalue weighted by atomic mass is 9.95. The summed E-state index contributed by atoms with van der Waals surface area (Å²) in [6, 6.07) is 8.03. The fourth-order valence-electron chi connectivity index (χ4n) is 2.06. The second-order valence-corrected chi connectivity index (χ2v) is 5.50. The van der Waals surface area contributed by atoms with Gasteiger partial charge < -0.3 is 10.4 Å². The zero-order valence-electron chi connectivity index (χ0n) is 12.3. The summed E-state index contributed by atoms with van der Waals surface area (Å²) in [5, 5.41) is 11.2. The van der Waals surface area contributed by atoms with E-state index in [1.807, 2.05) is 19.1 Å². The molecule has 0 saturated heterocycles. The van der Waals surface area contributed by atoms with Crippen LogP contribution in [0.5, 0.6) is 0 Å². The van der Waals surface area contributed by atoms with Crippen molar-refractivity contribution in [3.8, 4) is 0 Å². The van der Waals surface area contributed by atoms with Gasteiger partial charge in [0, 0.05) is 6.54 Å². The van der Waals surface area contributed by atoms with E-state index >= 15 is 0 Å². The normalized spacial score (nSPS) is 12.2. The molecule has 0 radical (unpaired) electrons. The molecule has 2 N–H and O–H groups in total. The third-order valence-electron chi connectivity index (χ3n) is 3.13. The van der Waals surface area contributed by atoms with Crippen molar-refractivity contribution in [2.75, 3.05) is 6.54 Å². The van der Waals surface area contributed by atoms with Crippen molar-refractivity contribution in [1.82, 2.24) is 5.32 Å². The van der Waals surface area contributed by atoms with Crippen LogP contribution in [0.25, 0.3) is 0 Å². The van der Waals surface area contributed by atoms with Crippen molar-refractivity contribution in [1.29, 1.82) is 0 Å². The molecule has 0 bridgehead atoms. The highest BCUT2D eigenvalue weighted by atomic mass is 16.4. The predicted octanol–water partition coefficient (Wildman–Crippen LogP) is 2.58. The Morgan fingerprint density at radius 1 is 1.25 bits per heavy atom. The number of aliphatic carboxylic acids is 1. The van der Waals surface area contributed by atoms with Gasteiger partial charge in [-0.1, -0.05) is 38.1 Å². The van der Waals surface area contributed by atoms with Crippen LogP contribution in [0.3, 0.4) is 0 Å². The minimum Gasteiger partial charge on any atom is -0.481 e. The Morgan fingerprint density at radius 3 is 2.55 bits per heavy atom. The second-order valence-electron chi connectivity index (χ2n) is 5.50. The third-order valence-corrected chi connectivity index (χ3v) is 3.13. The minimum absolute atomic E-state index is 0.0498. The fourth-order valence-corrected chi connectivity index (χ4v) is 2.06. The first-order valence-electron chi connectivity index (χ1n) is 6.98. The Bertz CT molecular complexity index is 469. The molecule has 1 amide bonds. The highest BCUT2D eigenvalue weighted by molar-refractivity contribution is 5.83. The smallest absolute Gasteiger partial charge is 0.305 e. The van der Waals surface area contributed by atoms with Crippen molar-refractivity contribution in [3.05, 3.63) is 35.4 Å². The van der Waals surface area contributed by atoms with E-state index in [9.17, 15) is 9.59 Å². The number of amides is 1. The Labute approximate surface area is 120 Å². The highest BCUT2D eigenvalue weighted by Crippen LogP contribution is 2.18. The van der Waals surface area contributed by atoms with E-state index < -0.39 is 5.97 Å². The van der Waals surface area contributed by atoms with Gasteiger partial charge >= 0.3 is 5.97 Å². The van der Waals surface area contributed by atoms with Gasteiger partial charge in [-0.05, 0) is 30.4 Å². The molecule has 4 heteroatoms. The molecule has 0 aromatic heterocycles. The number of hydrogen-bond acceptors (Lipinski definition) is 2. The molecular formula is C16H23NO3. The zero-order valence-corrected chi connectivity index (χ0v) is 12.3. The molecule has 20 heavy (non-hydrogen) atoms. The van der Waals surface area contributed by atoms with E-state index in [0.29, 0.717) is 5.92 Å². The van der Waals surface area contributed by atoms with Gasteiger partial charge in [0.15, 0.2) is 0 Å². The van der Waals surface area contributed by atoms with E-state index in [1.165, 1.54) is 5.56 Å². The minimum atomic E-state index is -0.906. The summed E-state index contributed by atoms with van der Waals surface area (Å²) in [6.07, 6.45) is 0.938. The first kappa shape index (κ1) is 16.2. The van der Waals surface area contributed by atoms with Gasteiger partial charge in [-0.25, -0.2) is 0 Å². The lowest BCUT2D eigenvalue weighted by Crippen LogP contribution is -2.30. The van der Waals surface area contributed by atoms with Crippen LogP contribution in [0.4, 0.5) is 0 Å². The molecule has 1 unspecified atom stereocenters. The predicted molar refractivity (Wildman–Crippen MR) is 78.7 cm³/mol. The third kappa shape index (κ3) is 5.43. The molecule has 0 heterocycles. The van der Waals surface area contributed by atoms with Crippen molar-refractivity contribution >= 4 is 11.9 Å². The zero-order chi connectivity index (χ0) is 15.1. The standard InChI is InChI=1S/C16H23NO3/c1-11(2)9-13-5-4-6-14(10-13)12(3)16(20)17-8-7-15(18)19/h4-6,10-12H,7-9H2,1-3H3,(H,17,20)(H,18,19). The number of carboxylic acids is 1. The molecule has 0 spiro atoms. The molecule has 1 aromatic rings. The molecule has 110 valence electrons. The number of benzene rings is 1. The highest BCUT2D eigenvalue weighted by Gasteiger charge is 2.15. The average molecular weight is 277 g/mol. The summed E-state index contributed by atoms with van der Waals surface area (Å²) in [5.74, 6) is -0.731. The summed E-state index contributed by atoms with van der Waals surface area (Å²) in [5.41, 5.74) is 2.19. The van der Waals surface area contributed by atoms with Gasteiger partial charge in [-0.15, -0.1) is 0 Å². The van der Waals surface area contributed by atoms with Gasteiger partial charge in [0.2, 0.25) is 5.91 Å². The van der Waals surface area contributed by atoms with E-state index in [2.05, 4.69) is 31.3 Å². The van der Waals surface area contributed by atoms with Crippen LogP contribution in [0, 0.1) is 5.92 Å². The summed E-state index contributed by atoms with van der Waals surface area (Å²) in [4.78, 5) is 22.4. The molecule has 0 fully saturated rings. The first-order chi connectivity index (χ1) is 9.40. The van der Waals surface area contributed by atoms with Crippen LogP contribution < -0.4 is 5.32 Å². The van der Waals surface area contributed by atoms with Crippen LogP contribution in [0.15, 0.2) is 24.3 Å². The van der Waals surface area contributed by atoms with Gasteiger partial charge in [0.25, 0.3) is 0 Å². The van der Waals surface area contributed by atoms with E-state index in [0.717, 1.165) is 12.0 Å². The molecular weight excluding hydrogens is 254 g/mol. The molecule has 4 nitrogen and oxygen atoms in total. The summed E-state index contributed by atoms with van der Waals surface area (Å²) < 4.78 is 0. The molecule has 0 saturated carbocycles. The van der Waals surface area contributed by atoms with Crippen LogP contribution in [0.2, 0.25) is 0 Å². The lowest BCUT2D eigenvalue weighted by Gasteiger charge is -2.14. The Balaban J connectivity index is 2.63. The maximum absolute atomic E-state index is 12.0. The summed E-state index contributed by atoms with van der Waals surface area (Å²) in [7, 11) is 0. The SMILES string of the molecule is CC(C)Cc1cccc(C(C)C(=O)NCCC(=O)O)c1. The fraction of sp³-hybridized carbons (Fsp3) is 0.500. The molecule has 0 aliphatic rings. The summed E-state index contributed by atoms with van der Waals surface area (Å²) in [6.45, 7) is 6.33.